The first-order chi connectivity index (χ1) is 10.0. The number of nitrogens with two attached hydrogens (primary N) is 1. The second-order valence-electron chi connectivity index (χ2n) is 4.22. The predicted molar refractivity (Wildman–Crippen MR) is 76.8 cm³/mol. The second-order valence-corrected chi connectivity index (χ2v) is 5.42. The number of aromatic nitrogens is 1. The van der Waals surface area contributed by atoms with Crippen LogP contribution in [0.15, 0.2) is 18.3 Å². The van der Waals surface area contributed by atoms with Crippen molar-refractivity contribution >= 4 is 22.9 Å². The lowest BCUT2D eigenvalue weighted by Gasteiger charge is -2.07. The van der Waals surface area contributed by atoms with Crippen molar-refractivity contribution in [1.82, 2.24) is 10.3 Å². The van der Waals surface area contributed by atoms with Crippen molar-refractivity contribution in [1.29, 1.82) is 0 Å². The van der Waals surface area contributed by atoms with Crippen molar-refractivity contribution in [2.45, 2.75) is 19.9 Å². The van der Waals surface area contributed by atoms with E-state index >= 15 is 0 Å². The molecule has 21 heavy (non-hydrogen) atoms. The number of carbonyl (C=O) groups is 1. The molecule has 0 saturated heterocycles. The Labute approximate surface area is 124 Å². The van der Waals surface area contributed by atoms with Crippen molar-refractivity contribution in [3.8, 4) is 0 Å². The highest BCUT2D eigenvalue weighted by atomic mass is 32.1. The summed E-state index contributed by atoms with van der Waals surface area (Å²) < 4.78 is 27.0. The number of halogens is 2. The molecule has 0 unspecified atom stereocenters. The molecule has 1 amide bonds. The smallest absolute Gasteiger partial charge is 0.251 e. The lowest BCUT2D eigenvalue weighted by molar-refractivity contribution is 0.0950. The first-order valence-corrected chi connectivity index (χ1v) is 7.04. The molecular formula is C13H14F2N4OS. The third kappa shape index (κ3) is 3.53. The molecule has 0 radical (unpaired) electrons. The Kier molecular flexibility index (Phi) is 4.81. The molecule has 0 atom stereocenters. The lowest BCUT2D eigenvalue weighted by Crippen LogP contribution is -2.23. The van der Waals surface area contributed by atoms with Crippen LogP contribution in [0.4, 0.5) is 14.5 Å². The number of hydrogen-bond acceptors (Lipinski definition) is 5. The highest BCUT2D eigenvalue weighted by molar-refractivity contribution is 7.11. The summed E-state index contributed by atoms with van der Waals surface area (Å²) in [4.78, 5) is 17.1. The molecule has 0 bridgehead atoms. The summed E-state index contributed by atoms with van der Waals surface area (Å²) >= 11 is 1.48. The largest absolute Gasteiger partial charge is 0.346 e. The molecule has 1 aromatic carbocycles. The Hall–Kier alpha value is -2.06. The molecule has 2 rings (SSSR count). The van der Waals surface area contributed by atoms with Crippen molar-refractivity contribution in [3.05, 3.63) is 45.4 Å². The van der Waals surface area contributed by atoms with Crippen molar-refractivity contribution < 1.29 is 13.6 Å². The number of anilines is 1. The third-order valence-electron chi connectivity index (χ3n) is 2.80. The quantitative estimate of drug-likeness (QED) is 0.584. The molecule has 1 heterocycles. The standard InChI is InChI=1S/C13H14F2N4OS/c1-2-8-5-17-11(21-8)6-18-13(20)7-3-9(14)12(19-16)10(15)4-7/h3-5,19H,2,6,16H2,1H3,(H,18,20). The van der Waals surface area contributed by atoms with Gasteiger partial charge in [-0.2, -0.15) is 0 Å². The van der Waals surface area contributed by atoms with Crippen molar-refractivity contribution in [3.63, 3.8) is 0 Å². The van der Waals surface area contributed by atoms with Gasteiger partial charge < -0.3 is 10.7 Å². The number of benzene rings is 1. The van der Waals surface area contributed by atoms with Crippen molar-refractivity contribution in [2.24, 2.45) is 5.84 Å². The zero-order valence-corrected chi connectivity index (χ0v) is 12.1. The number of nitrogens with one attached hydrogen (secondary N) is 2. The molecule has 0 fully saturated rings. The van der Waals surface area contributed by atoms with Gasteiger partial charge in [0.15, 0.2) is 11.6 Å². The minimum absolute atomic E-state index is 0.115. The highest BCUT2D eigenvalue weighted by Gasteiger charge is 2.14. The van der Waals surface area contributed by atoms with Gasteiger partial charge >= 0.3 is 0 Å². The van der Waals surface area contributed by atoms with Crippen LogP contribution in [0.2, 0.25) is 0 Å². The molecule has 8 heteroatoms. The number of amides is 1. The molecular weight excluding hydrogens is 298 g/mol. The molecule has 5 nitrogen and oxygen atoms in total. The summed E-state index contributed by atoms with van der Waals surface area (Å²) in [5.74, 6) is 2.56. The molecule has 2 aromatic rings. The lowest BCUT2D eigenvalue weighted by atomic mass is 10.1. The maximum Gasteiger partial charge on any atom is 0.251 e. The molecule has 0 saturated carbocycles. The molecule has 0 aliphatic carbocycles. The molecule has 0 spiro atoms. The Morgan fingerprint density at radius 2 is 2.05 bits per heavy atom. The van der Waals surface area contributed by atoms with E-state index in [1.807, 2.05) is 12.3 Å². The van der Waals surface area contributed by atoms with Gasteiger partial charge in [0.05, 0.1) is 6.54 Å². The van der Waals surface area contributed by atoms with Crippen LogP contribution in [-0.2, 0) is 13.0 Å². The Morgan fingerprint density at radius 1 is 1.38 bits per heavy atom. The van der Waals surface area contributed by atoms with E-state index in [0.29, 0.717) is 0 Å². The topological polar surface area (TPSA) is 80.0 Å². The minimum atomic E-state index is -0.926. The first kappa shape index (κ1) is 15.3. The second kappa shape index (κ2) is 6.59. The minimum Gasteiger partial charge on any atom is -0.346 e. The van der Waals surface area contributed by atoms with E-state index in [1.54, 1.807) is 6.20 Å². The van der Waals surface area contributed by atoms with E-state index in [2.05, 4.69) is 10.3 Å². The van der Waals surface area contributed by atoms with Gasteiger partial charge in [0, 0.05) is 16.6 Å². The van der Waals surface area contributed by atoms with E-state index in [1.165, 1.54) is 11.3 Å². The summed E-state index contributed by atoms with van der Waals surface area (Å²) in [5.41, 5.74) is 1.32. The highest BCUT2D eigenvalue weighted by Crippen LogP contribution is 2.20. The normalized spacial score (nSPS) is 10.5. The number of nitrogens with zero attached hydrogens (tertiary/aromatic N) is 1. The van der Waals surface area contributed by atoms with Gasteiger partial charge in [-0.25, -0.2) is 13.8 Å². The fourth-order valence-electron chi connectivity index (χ4n) is 1.69. The van der Waals surface area contributed by atoms with Gasteiger partial charge in [-0.3, -0.25) is 10.6 Å². The van der Waals surface area contributed by atoms with Crippen LogP contribution in [0.1, 0.15) is 27.2 Å². The summed E-state index contributed by atoms with van der Waals surface area (Å²) in [7, 11) is 0. The molecule has 0 aliphatic heterocycles. The zero-order valence-electron chi connectivity index (χ0n) is 11.2. The number of hydrazine groups is 1. The van der Waals surface area contributed by atoms with Crippen LogP contribution in [0.5, 0.6) is 0 Å². The van der Waals surface area contributed by atoms with Crippen LogP contribution in [-0.4, -0.2) is 10.9 Å². The van der Waals surface area contributed by atoms with E-state index in [0.717, 1.165) is 28.4 Å². The van der Waals surface area contributed by atoms with E-state index in [9.17, 15) is 13.6 Å². The Balaban J connectivity index is 2.06. The number of thiazole rings is 1. The fourth-order valence-corrected chi connectivity index (χ4v) is 2.50. The van der Waals surface area contributed by atoms with Crippen LogP contribution in [0.3, 0.4) is 0 Å². The van der Waals surface area contributed by atoms with Gasteiger partial charge in [0.1, 0.15) is 10.7 Å². The van der Waals surface area contributed by atoms with Crippen LogP contribution >= 0.6 is 11.3 Å². The maximum absolute atomic E-state index is 13.5. The van der Waals surface area contributed by atoms with Crippen molar-refractivity contribution in [2.75, 3.05) is 5.43 Å². The first-order valence-electron chi connectivity index (χ1n) is 6.22. The van der Waals surface area contributed by atoms with Crippen LogP contribution in [0, 0.1) is 11.6 Å². The Morgan fingerprint density at radius 3 is 2.57 bits per heavy atom. The summed E-state index contributed by atoms with van der Waals surface area (Å²) in [6.45, 7) is 2.22. The molecule has 4 N–H and O–H groups in total. The number of aryl methyl sites for hydroxylation is 1. The maximum atomic E-state index is 13.5. The average molecular weight is 312 g/mol. The molecule has 0 aliphatic rings. The number of rotatable bonds is 5. The fraction of sp³-hybridized carbons (Fsp3) is 0.231. The average Bonchev–Trinajstić information content (AvgIpc) is 2.92. The van der Waals surface area contributed by atoms with Crippen LogP contribution < -0.4 is 16.6 Å². The summed E-state index contributed by atoms with van der Waals surface area (Å²) in [6.07, 6.45) is 2.61. The predicted octanol–water partition coefficient (Wildman–Crippen LogP) is 2.20. The van der Waals surface area contributed by atoms with Gasteiger partial charge in [-0.1, -0.05) is 6.92 Å². The van der Waals surface area contributed by atoms with E-state index < -0.39 is 23.2 Å². The van der Waals surface area contributed by atoms with Gasteiger partial charge in [0.2, 0.25) is 0 Å². The number of nitrogen functional groups attached to an aromatic ring is 1. The molecule has 1 aromatic heterocycles. The third-order valence-corrected chi connectivity index (χ3v) is 3.94. The van der Waals surface area contributed by atoms with Gasteiger partial charge in [-0.05, 0) is 18.6 Å². The zero-order chi connectivity index (χ0) is 15.4. The monoisotopic (exact) mass is 312 g/mol. The SMILES string of the molecule is CCc1cnc(CNC(=O)c2cc(F)c(NN)c(F)c2)s1. The Bertz CT molecular complexity index is 636. The van der Waals surface area contributed by atoms with E-state index in [-0.39, 0.29) is 12.1 Å². The van der Waals surface area contributed by atoms with Gasteiger partial charge in [0.25, 0.3) is 5.91 Å². The number of carbonyl (C=O) groups excluding carboxylic acids is 1. The van der Waals surface area contributed by atoms with E-state index in [4.69, 9.17) is 5.84 Å². The summed E-state index contributed by atoms with van der Waals surface area (Å²) in [5, 5.41) is 3.31. The van der Waals surface area contributed by atoms with Gasteiger partial charge in [-0.15, -0.1) is 11.3 Å². The number of hydrogen-bond donors (Lipinski definition) is 3. The summed E-state index contributed by atoms with van der Waals surface area (Å²) in [6, 6.07) is 1.85. The van der Waals surface area contributed by atoms with Crippen LogP contribution in [0.25, 0.3) is 0 Å². The molecule has 112 valence electrons.